The highest BCUT2D eigenvalue weighted by Crippen LogP contribution is 2.32. The van der Waals surface area contributed by atoms with E-state index in [2.05, 4.69) is 17.0 Å². The second-order valence-electron chi connectivity index (χ2n) is 7.39. The lowest BCUT2D eigenvalue weighted by molar-refractivity contribution is -0.136. The topological polar surface area (TPSA) is 60.9 Å². The largest absolute Gasteiger partial charge is 0.368 e. The van der Waals surface area contributed by atoms with Crippen LogP contribution in [0.1, 0.15) is 11.1 Å². The molecular weight excluding hydrogens is 398 g/mol. The number of thioether (sulfide) groups is 1. The molecule has 0 atom stereocenters. The van der Waals surface area contributed by atoms with E-state index in [-0.39, 0.29) is 12.5 Å². The summed E-state index contributed by atoms with van der Waals surface area (Å²) in [6.07, 6.45) is 1.71. The molecule has 0 aromatic heterocycles. The zero-order valence-electron chi connectivity index (χ0n) is 16.8. The van der Waals surface area contributed by atoms with E-state index in [0.29, 0.717) is 18.0 Å². The van der Waals surface area contributed by atoms with Crippen LogP contribution in [0, 0.1) is 6.92 Å². The minimum Gasteiger partial charge on any atom is -0.368 e. The Labute approximate surface area is 180 Å². The second-order valence-corrected chi connectivity index (χ2v) is 8.38. The Morgan fingerprint density at radius 1 is 1.00 bits per heavy atom. The van der Waals surface area contributed by atoms with Gasteiger partial charge in [-0.15, -0.1) is 0 Å². The molecule has 0 bridgehead atoms. The molecule has 0 radical (unpaired) electrons. The van der Waals surface area contributed by atoms with Crippen LogP contribution >= 0.6 is 11.8 Å². The van der Waals surface area contributed by atoms with Crippen molar-refractivity contribution >= 4 is 40.6 Å². The fraction of sp³-hybridized carbons (Fsp3) is 0.261. The van der Waals surface area contributed by atoms with E-state index in [4.69, 9.17) is 0 Å². The molecule has 3 amide bonds. The van der Waals surface area contributed by atoms with Crippen molar-refractivity contribution in [2.75, 3.05) is 37.6 Å². The molecule has 4 rings (SSSR count). The fourth-order valence-corrected chi connectivity index (χ4v) is 4.47. The molecule has 2 aliphatic heterocycles. The van der Waals surface area contributed by atoms with Gasteiger partial charge >= 0.3 is 0 Å². The first-order valence-corrected chi connectivity index (χ1v) is 10.7. The summed E-state index contributed by atoms with van der Waals surface area (Å²) in [5.74, 6) is -0.593. The van der Waals surface area contributed by atoms with Crippen LogP contribution in [0.15, 0.2) is 59.5 Å². The summed E-state index contributed by atoms with van der Waals surface area (Å²) in [7, 11) is 0. The summed E-state index contributed by atoms with van der Waals surface area (Å²) < 4.78 is 0. The smallest absolute Gasteiger partial charge is 0.294 e. The number of nitrogens with zero attached hydrogens (tertiary/aromatic N) is 3. The van der Waals surface area contributed by atoms with Gasteiger partial charge in [-0.3, -0.25) is 19.3 Å². The Hall–Kier alpha value is -3.06. The number of carbonyl (C=O) groups is 3. The molecule has 0 saturated carbocycles. The van der Waals surface area contributed by atoms with Crippen molar-refractivity contribution in [3.63, 3.8) is 0 Å². The van der Waals surface area contributed by atoms with E-state index >= 15 is 0 Å². The molecule has 30 heavy (non-hydrogen) atoms. The number of hydrogen-bond acceptors (Lipinski definition) is 5. The third kappa shape index (κ3) is 4.41. The highest BCUT2D eigenvalue weighted by molar-refractivity contribution is 8.18. The van der Waals surface area contributed by atoms with E-state index in [1.807, 2.05) is 49.4 Å². The van der Waals surface area contributed by atoms with Crippen LogP contribution in [0.3, 0.4) is 0 Å². The number of hydrogen-bond donors (Lipinski definition) is 0. The van der Waals surface area contributed by atoms with Crippen LogP contribution in [0.25, 0.3) is 6.08 Å². The summed E-state index contributed by atoms with van der Waals surface area (Å²) >= 11 is 0.888. The molecule has 2 aromatic carbocycles. The Kier molecular flexibility index (Phi) is 5.90. The number of anilines is 1. The zero-order valence-corrected chi connectivity index (χ0v) is 17.6. The van der Waals surface area contributed by atoms with Crippen molar-refractivity contribution in [1.82, 2.24) is 9.80 Å². The highest BCUT2D eigenvalue weighted by atomic mass is 32.2. The van der Waals surface area contributed by atoms with Gasteiger partial charge in [0.1, 0.15) is 6.54 Å². The molecular formula is C23H23N3O3S. The lowest BCUT2D eigenvalue weighted by Gasteiger charge is -2.36. The fourth-order valence-electron chi connectivity index (χ4n) is 3.64. The van der Waals surface area contributed by atoms with Crippen molar-refractivity contribution in [3.05, 3.63) is 70.6 Å². The first-order valence-electron chi connectivity index (χ1n) is 9.91. The molecule has 7 heteroatoms. The van der Waals surface area contributed by atoms with Gasteiger partial charge in [-0.05, 0) is 42.5 Å². The van der Waals surface area contributed by atoms with Gasteiger partial charge < -0.3 is 9.80 Å². The van der Waals surface area contributed by atoms with E-state index in [9.17, 15) is 14.4 Å². The Morgan fingerprint density at radius 3 is 2.43 bits per heavy atom. The molecule has 2 aromatic rings. The monoisotopic (exact) mass is 421 g/mol. The number of piperazine rings is 1. The number of aryl methyl sites for hydroxylation is 1. The van der Waals surface area contributed by atoms with Gasteiger partial charge in [0.05, 0.1) is 4.91 Å². The molecule has 0 spiro atoms. The molecule has 0 unspecified atom stereocenters. The van der Waals surface area contributed by atoms with Crippen LogP contribution in [-0.2, 0) is 9.59 Å². The Bertz CT molecular complexity index is 998. The first-order chi connectivity index (χ1) is 14.5. The average molecular weight is 422 g/mol. The van der Waals surface area contributed by atoms with Crippen LogP contribution in [0.2, 0.25) is 0 Å². The van der Waals surface area contributed by atoms with Gasteiger partial charge in [0.15, 0.2) is 0 Å². The maximum atomic E-state index is 12.7. The number of rotatable bonds is 4. The summed E-state index contributed by atoms with van der Waals surface area (Å²) in [6, 6.07) is 17.8. The molecule has 0 N–H and O–H groups in total. The maximum Gasteiger partial charge on any atom is 0.294 e. The van der Waals surface area contributed by atoms with Crippen molar-refractivity contribution in [2.45, 2.75) is 6.92 Å². The third-order valence-electron chi connectivity index (χ3n) is 5.26. The van der Waals surface area contributed by atoms with E-state index in [1.54, 1.807) is 11.0 Å². The van der Waals surface area contributed by atoms with E-state index in [1.165, 1.54) is 0 Å². The summed E-state index contributed by atoms with van der Waals surface area (Å²) in [5, 5.41) is -0.393. The SMILES string of the molecule is Cc1cccc(C=C2SC(=O)N(CC(=O)N3CCN(c4ccccc4)CC3)C2=O)c1. The van der Waals surface area contributed by atoms with Gasteiger partial charge in [0.25, 0.3) is 11.1 Å². The standard InChI is InChI=1S/C23H23N3O3S/c1-17-6-5-7-18(14-17)15-20-22(28)26(23(29)30-20)16-21(27)25-12-10-24(11-13-25)19-8-3-2-4-9-19/h2-9,14-15H,10-13,16H2,1H3. The van der Waals surface area contributed by atoms with Crippen LogP contribution in [0.5, 0.6) is 0 Å². The summed E-state index contributed by atoms with van der Waals surface area (Å²) in [6.45, 7) is 4.36. The van der Waals surface area contributed by atoms with Gasteiger partial charge in [-0.2, -0.15) is 0 Å². The number of imide groups is 1. The highest BCUT2D eigenvalue weighted by Gasteiger charge is 2.37. The van der Waals surface area contributed by atoms with Crippen molar-refractivity contribution in [3.8, 4) is 0 Å². The Morgan fingerprint density at radius 2 is 1.73 bits per heavy atom. The lowest BCUT2D eigenvalue weighted by atomic mass is 10.1. The molecule has 2 saturated heterocycles. The summed E-state index contributed by atoms with van der Waals surface area (Å²) in [5.41, 5.74) is 3.08. The number of amides is 3. The van der Waals surface area contributed by atoms with Crippen LogP contribution in [-0.4, -0.2) is 59.6 Å². The third-order valence-corrected chi connectivity index (χ3v) is 6.17. The quantitative estimate of drug-likeness (QED) is 0.709. The van der Waals surface area contributed by atoms with Crippen molar-refractivity contribution in [2.24, 2.45) is 0 Å². The molecule has 2 aliphatic rings. The lowest BCUT2D eigenvalue weighted by Crippen LogP contribution is -2.51. The molecule has 2 heterocycles. The second kappa shape index (κ2) is 8.75. The zero-order chi connectivity index (χ0) is 21.1. The van der Waals surface area contributed by atoms with Gasteiger partial charge in [0.2, 0.25) is 5.91 Å². The van der Waals surface area contributed by atoms with Gasteiger partial charge in [-0.25, -0.2) is 0 Å². The van der Waals surface area contributed by atoms with Crippen LogP contribution < -0.4 is 4.90 Å². The van der Waals surface area contributed by atoms with Crippen LogP contribution in [0.4, 0.5) is 10.5 Å². The molecule has 154 valence electrons. The molecule has 6 nitrogen and oxygen atoms in total. The Balaban J connectivity index is 1.37. The number of benzene rings is 2. The number of para-hydroxylation sites is 1. The maximum absolute atomic E-state index is 12.7. The minimum absolute atomic E-state index is 0.193. The van der Waals surface area contributed by atoms with E-state index < -0.39 is 11.1 Å². The predicted molar refractivity (Wildman–Crippen MR) is 119 cm³/mol. The predicted octanol–water partition coefficient (Wildman–Crippen LogP) is 3.38. The van der Waals surface area contributed by atoms with E-state index in [0.717, 1.165) is 46.6 Å². The average Bonchev–Trinajstić information content (AvgIpc) is 3.02. The van der Waals surface area contributed by atoms with Crippen molar-refractivity contribution in [1.29, 1.82) is 0 Å². The van der Waals surface area contributed by atoms with Gasteiger partial charge in [0, 0.05) is 31.9 Å². The molecule has 2 fully saturated rings. The normalized spacial score (nSPS) is 18.4. The molecule has 0 aliphatic carbocycles. The minimum atomic E-state index is -0.400. The first kappa shape index (κ1) is 20.2. The van der Waals surface area contributed by atoms with Crippen molar-refractivity contribution < 1.29 is 14.4 Å². The summed E-state index contributed by atoms with van der Waals surface area (Å²) in [4.78, 5) is 43.2. The van der Waals surface area contributed by atoms with Gasteiger partial charge in [-0.1, -0.05) is 48.0 Å². The number of carbonyl (C=O) groups excluding carboxylic acids is 3.